The molecule has 0 saturated carbocycles. The number of carbonyl (C=O) groups excluding carboxylic acids is 1. The van der Waals surface area contributed by atoms with Gasteiger partial charge in [-0.05, 0) is 31.5 Å². The van der Waals surface area contributed by atoms with E-state index < -0.39 is 11.6 Å². The molecule has 1 aromatic rings. The van der Waals surface area contributed by atoms with Gasteiger partial charge in [-0.2, -0.15) is 0 Å². The van der Waals surface area contributed by atoms with Crippen LogP contribution in [-0.4, -0.2) is 29.9 Å². The third-order valence-corrected chi connectivity index (χ3v) is 3.09. The molecule has 1 aliphatic rings. The molecule has 3 nitrogen and oxygen atoms in total. The van der Waals surface area contributed by atoms with Gasteiger partial charge in [-0.15, -0.1) is 0 Å². The van der Waals surface area contributed by atoms with Gasteiger partial charge in [-0.3, -0.25) is 9.69 Å². The molecule has 1 saturated heterocycles. The van der Waals surface area contributed by atoms with Crippen molar-refractivity contribution >= 4 is 5.91 Å². The molecule has 0 spiro atoms. The number of likely N-dealkylation sites (tertiary alicyclic amines) is 1. The first-order valence-electron chi connectivity index (χ1n) is 6.41. The molecule has 19 heavy (non-hydrogen) atoms. The highest BCUT2D eigenvalue weighted by atomic mass is 19.1. The number of nitrogens with one attached hydrogen (secondary N) is 1. The van der Waals surface area contributed by atoms with E-state index in [4.69, 9.17) is 0 Å². The standard InChI is InChI=1S/C14H18F2N2O/c1-9(2)17-14(19)11-7-18(8-11)6-10-3-12(15)5-13(16)4-10/h3-5,9,11H,6-8H2,1-2H3,(H,17,19). The Labute approximate surface area is 111 Å². The molecule has 1 fully saturated rings. The topological polar surface area (TPSA) is 32.3 Å². The molecule has 1 heterocycles. The Morgan fingerprint density at radius 3 is 2.42 bits per heavy atom. The Morgan fingerprint density at radius 2 is 1.89 bits per heavy atom. The van der Waals surface area contributed by atoms with Crippen molar-refractivity contribution in [3.05, 3.63) is 35.4 Å². The van der Waals surface area contributed by atoms with Crippen LogP contribution in [-0.2, 0) is 11.3 Å². The molecule has 1 amide bonds. The van der Waals surface area contributed by atoms with Crippen molar-refractivity contribution in [2.75, 3.05) is 13.1 Å². The molecule has 1 aliphatic heterocycles. The average Bonchev–Trinajstić information content (AvgIpc) is 2.19. The van der Waals surface area contributed by atoms with E-state index in [2.05, 4.69) is 5.32 Å². The summed E-state index contributed by atoms with van der Waals surface area (Å²) in [6, 6.07) is 3.65. The van der Waals surface area contributed by atoms with Crippen LogP contribution < -0.4 is 5.32 Å². The van der Waals surface area contributed by atoms with Gasteiger partial charge in [0.2, 0.25) is 5.91 Å². The zero-order valence-corrected chi connectivity index (χ0v) is 11.1. The second-order valence-corrected chi connectivity index (χ2v) is 5.33. The maximum Gasteiger partial charge on any atom is 0.225 e. The van der Waals surface area contributed by atoms with Crippen LogP contribution in [0.3, 0.4) is 0 Å². The maximum absolute atomic E-state index is 13.0. The van der Waals surface area contributed by atoms with Crippen LogP contribution in [0, 0.1) is 17.6 Å². The van der Waals surface area contributed by atoms with Crippen LogP contribution in [0.2, 0.25) is 0 Å². The monoisotopic (exact) mass is 268 g/mol. The van der Waals surface area contributed by atoms with Crippen molar-refractivity contribution in [1.29, 1.82) is 0 Å². The third-order valence-electron chi connectivity index (χ3n) is 3.09. The van der Waals surface area contributed by atoms with Crippen LogP contribution in [0.25, 0.3) is 0 Å². The fourth-order valence-corrected chi connectivity index (χ4v) is 2.23. The first-order valence-corrected chi connectivity index (χ1v) is 6.41. The van der Waals surface area contributed by atoms with Crippen molar-refractivity contribution in [3.8, 4) is 0 Å². The summed E-state index contributed by atoms with van der Waals surface area (Å²) in [5.41, 5.74) is 0.597. The summed E-state index contributed by atoms with van der Waals surface area (Å²) < 4.78 is 26.1. The smallest absolute Gasteiger partial charge is 0.225 e. The SMILES string of the molecule is CC(C)NC(=O)C1CN(Cc2cc(F)cc(F)c2)C1. The highest BCUT2D eigenvalue weighted by molar-refractivity contribution is 5.80. The number of hydrogen-bond donors (Lipinski definition) is 1. The molecule has 0 atom stereocenters. The van der Waals surface area contributed by atoms with E-state index in [9.17, 15) is 13.6 Å². The summed E-state index contributed by atoms with van der Waals surface area (Å²) in [7, 11) is 0. The van der Waals surface area contributed by atoms with Gasteiger partial charge in [0.25, 0.3) is 0 Å². The summed E-state index contributed by atoms with van der Waals surface area (Å²) in [4.78, 5) is 13.7. The Kier molecular flexibility index (Phi) is 4.14. The molecule has 0 unspecified atom stereocenters. The lowest BCUT2D eigenvalue weighted by molar-refractivity contribution is -0.131. The number of rotatable bonds is 4. The molecule has 0 aliphatic carbocycles. The van der Waals surface area contributed by atoms with E-state index in [0.717, 1.165) is 6.07 Å². The minimum Gasteiger partial charge on any atom is -0.354 e. The van der Waals surface area contributed by atoms with Crippen LogP contribution in [0.4, 0.5) is 8.78 Å². The van der Waals surface area contributed by atoms with Gasteiger partial charge in [-0.1, -0.05) is 0 Å². The molecule has 104 valence electrons. The summed E-state index contributed by atoms with van der Waals surface area (Å²) >= 11 is 0. The lowest BCUT2D eigenvalue weighted by Gasteiger charge is -2.38. The normalized spacial score (nSPS) is 16.5. The Hall–Kier alpha value is -1.49. The second-order valence-electron chi connectivity index (χ2n) is 5.33. The molecular formula is C14H18F2N2O. The average molecular weight is 268 g/mol. The zero-order valence-electron chi connectivity index (χ0n) is 11.1. The van der Waals surface area contributed by atoms with Crippen LogP contribution in [0.1, 0.15) is 19.4 Å². The predicted molar refractivity (Wildman–Crippen MR) is 68.4 cm³/mol. The first-order chi connectivity index (χ1) is 8.94. The third kappa shape index (κ3) is 3.73. The summed E-state index contributed by atoms with van der Waals surface area (Å²) in [5.74, 6) is -1.09. The lowest BCUT2D eigenvalue weighted by Crippen LogP contribution is -2.53. The molecule has 0 radical (unpaired) electrons. The van der Waals surface area contributed by atoms with E-state index in [1.807, 2.05) is 18.7 Å². The van der Waals surface area contributed by atoms with E-state index in [1.54, 1.807) is 0 Å². The Bertz CT molecular complexity index is 450. The quantitative estimate of drug-likeness (QED) is 0.905. The van der Waals surface area contributed by atoms with Gasteiger partial charge in [0.1, 0.15) is 11.6 Å². The van der Waals surface area contributed by atoms with E-state index >= 15 is 0 Å². The van der Waals surface area contributed by atoms with Gasteiger partial charge in [0.15, 0.2) is 0 Å². The molecule has 2 rings (SSSR count). The van der Waals surface area contributed by atoms with Crippen LogP contribution in [0.5, 0.6) is 0 Å². The Morgan fingerprint density at radius 1 is 1.32 bits per heavy atom. The largest absolute Gasteiger partial charge is 0.354 e. The minimum absolute atomic E-state index is 0.0131. The molecule has 0 bridgehead atoms. The van der Waals surface area contributed by atoms with Gasteiger partial charge in [0.05, 0.1) is 5.92 Å². The fraction of sp³-hybridized carbons (Fsp3) is 0.500. The molecule has 1 N–H and O–H groups in total. The van der Waals surface area contributed by atoms with Crippen molar-refractivity contribution in [3.63, 3.8) is 0 Å². The minimum atomic E-state index is -0.565. The van der Waals surface area contributed by atoms with Gasteiger partial charge >= 0.3 is 0 Å². The van der Waals surface area contributed by atoms with Gasteiger partial charge in [0, 0.05) is 31.7 Å². The lowest BCUT2D eigenvalue weighted by atomic mass is 9.98. The van der Waals surface area contributed by atoms with Gasteiger partial charge < -0.3 is 5.32 Å². The molecule has 5 heteroatoms. The highest BCUT2D eigenvalue weighted by Gasteiger charge is 2.32. The van der Waals surface area contributed by atoms with Crippen LogP contribution in [0.15, 0.2) is 18.2 Å². The number of nitrogens with zero attached hydrogens (tertiary/aromatic N) is 1. The maximum atomic E-state index is 13.0. The van der Waals surface area contributed by atoms with E-state index in [-0.39, 0.29) is 17.9 Å². The van der Waals surface area contributed by atoms with Crippen molar-refractivity contribution in [2.45, 2.75) is 26.4 Å². The number of halogens is 2. The summed E-state index contributed by atoms with van der Waals surface area (Å²) in [6.07, 6.45) is 0. The summed E-state index contributed by atoms with van der Waals surface area (Å²) in [5, 5.41) is 2.86. The second kappa shape index (κ2) is 5.65. The number of hydrogen-bond acceptors (Lipinski definition) is 2. The van der Waals surface area contributed by atoms with E-state index in [1.165, 1.54) is 12.1 Å². The Balaban J connectivity index is 1.83. The van der Waals surface area contributed by atoms with Gasteiger partial charge in [-0.25, -0.2) is 8.78 Å². The van der Waals surface area contributed by atoms with Crippen molar-refractivity contribution < 1.29 is 13.6 Å². The van der Waals surface area contributed by atoms with E-state index in [0.29, 0.717) is 25.2 Å². The molecule has 0 aromatic heterocycles. The first kappa shape index (κ1) is 13.9. The molecule has 1 aromatic carbocycles. The zero-order chi connectivity index (χ0) is 14.0. The fourth-order valence-electron chi connectivity index (χ4n) is 2.23. The van der Waals surface area contributed by atoms with Crippen molar-refractivity contribution in [1.82, 2.24) is 10.2 Å². The predicted octanol–water partition coefficient (Wildman–Crippen LogP) is 1.92. The highest BCUT2D eigenvalue weighted by Crippen LogP contribution is 2.20. The molecular weight excluding hydrogens is 250 g/mol. The van der Waals surface area contributed by atoms with Crippen molar-refractivity contribution in [2.24, 2.45) is 5.92 Å². The number of amides is 1. The summed E-state index contributed by atoms with van der Waals surface area (Å²) in [6.45, 7) is 5.58. The number of carbonyl (C=O) groups is 1. The van der Waals surface area contributed by atoms with Crippen LogP contribution >= 0.6 is 0 Å². The number of benzene rings is 1.